The monoisotopic (exact) mass is 315 g/mol. The third kappa shape index (κ3) is 3.72. The Bertz CT molecular complexity index is 632. The van der Waals surface area contributed by atoms with Crippen LogP contribution in [0.2, 0.25) is 0 Å². The number of nitrogens with zero attached hydrogens (tertiary/aromatic N) is 1. The molecule has 22 heavy (non-hydrogen) atoms. The Labute approximate surface area is 135 Å². The first-order chi connectivity index (χ1) is 10.7. The van der Waals surface area contributed by atoms with Gasteiger partial charge in [0.2, 0.25) is 5.91 Å². The van der Waals surface area contributed by atoms with Crippen LogP contribution in [0.1, 0.15) is 18.2 Å². The number of rotatable bonds is 6. The van der Waals surface area contributed by atoms with E-state index in [2.05, 4.69) is 46.8 Å². The Kier molecular flexibility index (Phi) is 4.85. The SMILES string of the molecule is CCc1ccc(-c2nc(CC(=O)NCC3CNC3)cs2)cc1. The summed E-state index contributed by atoms with van der Waals surface area (Å²) in [4.78, 5) is 16.5. The van der Waals surface area contributed by atoms with E-state index in [9.17, 15) is 4.79 Å². The molecule has 0 unspecified atom stereocenters. The van der Waals surface area contributed by atoms with E-state index in [0.29, 0.717) is 12.3 Å². The Morgan fingerprint density at radius 1 is 1.36 bits per heavy atom. The van der Waals surface area contributed by atoms with Crippen LogP contribution in [0.25, 0.3) is 10.6 Å². The standard InChI is InChI=1S/C17H21N3OS/c1-2-12-3-5-14(6-4-12)17-20-15(11-22-17)7-16(21)19-10-13-8-18-9-13/h3-6,11,13,18H,2,7-10H2,1H3,(H,19,21). The van der Waals surface area contributed by atoms with Gasteiger partial charge in [-0.3, -0.25) is 4.79 Å². The van der Waals surface area contributed by atoms with Crippen LogP contribution in [0, 0.1) is 5.92 Å². The maximum atomic E-state index is 11.9. The van der Waals surface area contributed by atoms with E-state index in [1.165, 1.54) is 5.56 Å². The molecule has 0 spiro atoms. The first-order valence-electron chi connectivity index (χ1n) is 7.75. The zero-order valence-corrected chi connectivity index (χ0v) is 13.6. The average molecular weight is 315 g/mol. The number of amides is 1. The molecule has 116 valence electrons. The van der Waals surface area contributed by atoms with Crippen molar-refractivity contribution in [1.29, 1.82) is 0 Å². The van der Waals surface area contributed by atoms with Gasteiger partial charge in [0.1, 0.15) is 5.01 Å². The molecule has 2 N–H and O–H groups in total. The van der Waals surface area contributed by atoms with Crippen LogP contribution >= 0.6 is 11.3 Å². The van der Waals surface area contributed by atoms with Crippen molar-refractivity contribution in [3.8, 4) is 10.6 Å². The number of carbonyl (C=O) groups excluding carboxylic acids is 1. The molecule has 1 aliphatic rings. The quantitative estimate of drug-likeness (QED) is 0.860. The highest BCUT2D eigenvalue weighted by Crippen LogP contribution is 2.24. The molecular formula is C17H21N3OS. The summed E-state index contributed by atoms with van der Waals surface area (Å²) in [6.07, 6.45) is 1.41. The predicted octanol–water partition coefficient (Wildman–Crippen LogP) is 2.25. The fourth-order valence-corrected chi connectivity index (χ4v) is 3.21. The van der Waals surface area contributed by atoms with Crippen molar-refractivity contribution in [2.75, 3.05) is 19.6 Å². The number of thiazole rings is 1. The zero-order chi connectivity index (χ0) is 15.4. The molecule has 1 aliphatic heterocycles. The summed E-state index contributed by atoms with van der Waals surface area (Å²) in [6, 6.07) is 8.47. The molecule has 0 aliphatic carbocycles. The van der Waals surface area contributed by atoms with Crippen LogP contribution in [-0.2, 0) is 17.6 Å². The maximum absolute atomic E-state index is 11.9. The molecule has 5 heteroatoms. The molecular weight excluding hydrogens is 294 g/mol. The van der Waals surface area contributed by atoms with Gasteiger partial charge in [0, 0.05) is 36.5 Å². The first kappa shape index (κ1) is 15.2. The third-order valence-corrected chi connectivity index (χ3v) is 4.90. The zero-order valence-electron chi connectivity index (χ0n) is 12.8. The topological polar surface area (TPSA) is 54.0 Å². The van der Waals surface area contributed by atoms with Gasteiger partial charge in [0.15, 0.2) is 0 Å². The smallest absolute Gasteiger partial charge is 0.226 e. The van der Waals surface area contributed by atoms with E-state index in [4.69, 9.17) is 0 Å². The van der Waals surface area contributed by atoms with Crippen LogP contribution in [-0.4, -0.2) is 30.5 Å². The molecule has 1 saturated heterocycles. The molecule has 2 aromatic rings. The highest BCUT2D eigenvalue weighted by molar-refractivity contribution is 7.13. The number of hydrogen-bond acceptors (Lipinski definition) is 4. The second kappa shape index (κ2) is 7.03. The Hall–Kier alpha value is -1.72. The second-order valence-corrected chi connectivity index (χ2v) is 6.56. The molecule has 0 radical (unpaired) electrons. The van der Waals surface area contributed by atoms with Gasteiger partial charge in [-0.15, -0.1) is 11.3 Å². The molecule has 0 bridgehead atoms. The summed E-state index contributed by atoms with van der Waals surface area (Å²) in [5.41, 5.74) is 3.29. The van der Waals surface area contributed by atoms with E-state index in [1.807, 2.05) is 5.38 Å². The van der Waals surface area contributed by atoms with E-state index in [1.54, 1.807) is 11.3 Å². The van der Waals surface area contributed by atoms with Crippen molar-refractivity contribution in [3.63, 3.8) is 0 Å². The van der Waals surface area contributed by atoms with Gasteiger partial charge in [-0.2, -0.15) is 0 Å². The van der Waals surface area contributed by atoms with Crippen molar-refractivity contribution in [3.05, 3.63) is 40.9 Å². The number of aromatic nitrogens is 1. The van der Waals surface area contributed by atoms with Crippen molar-refractivity contribution in [1.82, 2.24) is 15.6 Å². The van der Waals surface area contributed by atoms with Crippen molar-refractivity contribution < 1.29 is 4.79 Å². The number of aryl methyl sites for hydroxylation is 1. The summed E-state index contributed by atoms with van der Waals surface area (Å²) in [7, 11) is 0. The minimum absolute atomic E-state index is 0.0603. The Morgan fingerprint density at radius 3 is 2.77 bits per heavy atom. The lowest BCUT2D eigenvalue weighted by Crippen LogP contribution is -2.48. The third-order valence-electron chi connectivity index (χ3n) is 3.96. The maximum Gasteiger partial charge on any atom is 0.226 e. The number of hydrogen-bond donors (Lipinski definition) is 2. The summed E-state index contributed by atoms with van der Waals surface area (Å²) >= 11 is 1.60. The van der Waals surface area contributed by atoms with Crippen LogP contribution in [0.3, 0.4) is 0 Å². The summed E-state index contributed by atoms with van der Waals surface area (Å²) in [6.45, 7) is 4.93. The average Bonchev–Trinajstić information content (AvgIpc) is 2.94. The van der Waals surface area contributed by atoms with E-state index < -0.39 is 0 Å². The summed E-state index contributed by atoms with van der Waals surface area (Å²) in [5.74, 6) is 0.650. The molecule has 1 aromatic carbocycles. The van der Waals surface area contributed by atoms with Gasteiger partial charge in [0.05, 0.1) is 12.1 Å². The Morgan fingerprint density at radius 2 is 2.14 bits per heavy atom. The lowest BCUT2D eigenvalue weighted by Gasteiger charge is -2.26. The van der Waals surface area contributed by atoms with Gasteiger partial charge >= 0.3 is 0 Å². The molecule has 2 heterocycles. The molecule has 0 atom stereocenters. The van der Waals surface area contributed by atoms with Gasteiger partial charge < -0.3 is 10.6 Å². The van der Waals surface area contributed by atoms with Gasteiger partial charge in [0.25, 0.3) is 0 Å². The van der Waals surface area contributed by atoms with E-state index >= 15 is 0 Å². The molecule has 0 saturated carbocycles. The predicted molar refractivity (Wildman–Crippen MR) is 90.0 cm³/mol. The summed E-state index contributed by atoms with van der Waals surface area (Å²) in [5, 5.41) is 9.15. The minimum atomic E-state index is 0.0603. The second-order valence-electron chi connectivity index (χ2n) is 5.70. The lowest BCUT2D eigenvalue weighted by atomic mass is 10.0. The minimum Gasteiger partial charge on any atom is -0.355 e. The van der Waals surface area contributed by atoms with Crippen molar-refractivity contribution in [2.24, 2.45) is 5.92 Å². The normalized spacial score (nSPS) is 14.6. The Balaban J connectivity index is 1.56. The lowest BCUT2D eigenvalue weighted by molar-refractivity contribution is -0.120. The van der Waals surface area contributed by atoms with Crippen LogP contribution < -0.4 is 10.6 Å². The number of carbonyl (C=O) groups is 1. The molecule has 1 amide bonds. The van der Waals surface area contributed by atoms with E-state index in [0.717, 1.165) is 42.3 Å². The largest absolute Gasteiger partial charge is 0.355 e. The van der Waals surface area contributed by atoms with Crippen LogP contribution in [0.4, 0.5) is 0 Å². The molecule has 3 rings (SSSR count). The van der Waals surface area contributed by atoms with Gasteiger partial charge in [-0.25, -0.2) is 4.98 Å². The van der Waals surface area contributed by atoms with Crippen molar-refractivity contribution in [2.45, 2.75) is 19.8 Å². The van der Waals surface area contributed by atoms with Gasteiger partial charge in [-0.05, 0) is 12.0 Å². The van der Waals surface area contributed by atoms with E-state index in [-0.39, 0.29) is 5.91 Å². The number of nitrogens with one attached hydrogen (secondary N) is 2. The highest BCUT2D eigenvalue weighted by Gasteiger charge is 2.17. The fourth-order valence-electron chi connectivity index (χ4n) is 2.38. The van der Waals surface area contributed by atoms with Crippen molar-refractivity contribution >= 4 is 17.2 Å². The van der Waals surface area contributed by atoms with Crippen LogP contribution in [0.15, 0.2) is 29.6 Å². The van der Waals surface area contributed by atoms with Gasteiger partial charge in [-0.1, -0.05) is 31.2 Å². The van der Waals surface area contributed by atoms with Crippen LogP contribution in [0.5, 0.6) is 0 Å². The fraction of sp³-hybridized carbons (Fsp3) is 0.412. The first-order valence-corrected chi connectivity index (χ1v) is 8.63. The molecule has 1 aromatic heterocycles. The number of benzene rings is 1. The molecule has 4 nitrogen and oxygen atoms in total. The molecule has 1 fully saturated rings. The summed E-state index contributed by atoms with van der Waals surface area (Å²) < 4.78 is 0. The highest BCUT2D eigenvalue weighted by atomic mass is 32.1.